The molecule has 0 bridgehead atoms. The van der Waals surface area contributed by atoms with Crippen LogP contribution in [0, 0.1) is 0 Å². The summed E-state index contributed by atoms with van der Waals surface area (Å²) in [6.45, 7) is 0. The third-order valence-electron chi connectivity index (χ3n) is 3.50. The van der Waals surface area contributed by atoms with Gasteiger partial charge in [0.25, 0.3) is 0 Å². The fourth-order valence-corrected chi connectivity index (χ4v) is 3.23. The molecular weight excluding hydrogens is 272 g/mol. The van der Waals surface area contributed by atoms with E-state index in [4.69, 9.17) is 4.74 Å². The first-order chi connectivity index (χ1) is 9.79. The van der Waals surface area contributed by atoms with E-state index < -0.39 is 0 Å². The largest absolute Gasteiger partial charge is 0.482 e. The fourth-order valence-electron chi connectivity index (χ4n) is 2.52. The number of carbonyl (C=O) groups excluding carboxylic acids is 1. The first kappa shape index (κ1) is 11.7. The molecule has 0 fully saturated rings. The molecular formula is C15H12N2O2S. The Bertz CT molecular complexity index is 736. The summed E-state index contributed by atoms with van der Waals surface area (Å²) < 4.78 is 7.66. The van der Waals surface area contributed by atoms with Crippen LogP contribution in [0.15, 0.2) is 42.0 Å². The molecule has 5 heteroatoms. The van der Waals surface area contributed by atoms with E-state index in [1.165, 1.54) is 0 Å². The summed E-state index contributed by atoms with van der Waals surface area (Å²) in [5, 5.41) is 1.98. The molecule has 2 aromatic heterocycles. The Morgan fingerprint density at radius 3 is 3.20 bits per heavy atom. The quantitative estimate of drug-likeness (QED) is 0.742. The van der Waals surface area contributed by atoms with Crippen LogP contribution in [-0.2, 0) is 17.6 Å². The van der Waals surface area contributed by atoms with Crippen LogP contribution in [0.2, 0.25) is 0 Å². The van der Waals surface area contributed by atoms with Gasteiger partial charge in [-0.3, -0.25) is 9.20 Å². The van der Waals surface area contributed by atoms with Crippen molar-refractivity contribution in [1.29, 1.82) is 0 Å². The summed E-state index contributed by atoms with van der Waals surface area (Å²) in [5.74, 6) is 0.920. The summed E-state index contributed by atoms with van der Waals surface area (Å²) in [6, 6.07) is 7.82. The molecule has 0 aliphatic carbocycles. The molecule has 3 heterocycles. The molecule has 0 saturated carbocycles. The summed E-state index contributed by atoms with van der Waals surface area (Å²) in [5.41, 5.74) is 1.91. The lowest BCUT2D eigenvalue weighted by Gasteiger charge is -2.08. The Kier molecular flexibility index (Phi) is 2.60. The maximum absolute atomic E-state index is 12.3. The average Bonchev–Trinajstić information content (AvgIpc) is 3.10. The fraction of sp³-hybridized carbons (Fsp3) is 0.200. The highest BCUT2D eigenvalue weighted by molar-refractivity contribution is 7.15. The lowest BCUT2D eigenvalue weighted by Crippen LogP contribution is -2.26. The summed E-state index contributed by atoms with van der Waals surface area (Å²) >= 11 is 1.57. The number of Topliss-reactive ketones (excluding diaryl/α,β-unsaturated/α-hetero) is 1. The maximum Gasteiger partial charge on any atom is 0.193 e. The highest BCUT2D eigenvalue weighted by atomic mass is 32.1. The van der Waals surface area contributed by atoms with E-state index >= 15 is 0 Å². The number of hydrogen-bond donors (Lipinski definition) is 0. The number of imidazole rings is 1. The van der Waals surface area contributed by atoms with Gasteiger partial charge in [0.2, 0.25) is 0 Å². The van der Waals surface area contributed by atoms with Crippen LogP contribution in [0.25, 0.3) is 4.96 Å². The van der Waals surface area contributed by atoms with Crippen molar-refractivity contribution in [3.63, 3.8) is 0 Å². The molecule has 1 aliphatic rings. The van der Waals surface area contributed by atoms with E-state index in [1.54, 1.807) is 11.3 Å². The number of benzene rings is 1. The number of aromatic nitrogens is 2. The van der Waals surface area contributed by atoms with E-state index in [-0.39, 0.29) is 11.9 Å². The molecule has 0 saturated heterocycles. The number of rotatable bonds is 3. The van der Waals surface area contributed by atoms with Crippen LogP contribution < -0.4 is 4.74 Å². The van der Waals surface area contributed by atoms with Gasteiger partial charge in [0.05, 0.1) is 12.1 Å². The van der Waals surface area contributed by atoms with E-state index in [0.29, 0.717) is 12.8 Å². The van der Waals surface area contributed by atoms with E-state index in [2.05, 4.69) is 4.98 Å². The maximum atomic E-state index is 12.3. The van der Waals surface area contributed by atoms with Crippen molar-refractivity contribution in [3.8, 4) is 5.75 Å². The SMILES string of the molecule is O=C(Cc1cn2ccsc2n1)C1Cc2ccccc2O1. The molecule has 3 aromatic rings. The molecule has 1 unspecified atom stereocenters. The zero-order valence-electron chi connectivity index (χ0n) is 10.7. The number of hydrogen-bond acceptors (Lipinski definition) is 4. The van der Waals surface area contributed by atoms with Gasteiger partial charge in [-0.25, -0.2) is 4.98 Å². The first-order valence-corrected chi connectivity index (χ1v) is 7.36. The van der Waals surface area contributed by atoms with Gasteiger partial charge in [-0.1, -0.05) is 18.2 Å². The van der Waals surface area contributed by atoms with E-state index in [1.807, 2.05) is 46.4 Å². The van der Waals surface area contributed by atoms with Gasteiger partial charge in [0.1, 0.15) is 5.75 Å². The molecule has 4 rings (SSSR count). The van der Waals surface area contributed by atoms with Crippen molar-refractivity contribution >= 4 is 22.1 Å². The van der Waals surface area contributed by atoms with Crippen molar-refractivity contribution in [2.75, 3.05) is 0 Å². The predicted octanol–water partition coefficient (Wildman–Crippen LogP) is 2.51. The Hall–Kier alpha value is -2.14. The van der Waals surface area contributed by atoms with Gasteiger partial charge in [-0.05, 0) is 11.6 Å². The van der Waals surface area contributed by atoms with Crippen molar-refractivity contribution < 1.29 is 9.53 Å². The zero-order valence-corrected chi connectivity index (χ0v) is 11.5. The lowest BCUT2D eigenvalue weighted by molar-refractivity contribution is -0.124. The second-order valence-electron chi connectivity index (χ2n) is 4.89. The van der Waals surface area contributed by atoms with Crippen LogP contribution in [0.4, 0.5) is 0 Å². The number of carbonyl (C=O) groups is 1. The minimum Gasteiger partial charge on any atom is -0.482 e. The monoisotopic (exact) mass is 284 g/mol. The van der Waals surface area contributed by atoms with Crippen molar-refractivity contribution in [2.24, 2.45) is 0 Å². The molecule has 20 heavy (non-hydrogen) atoms. The second kappa shape index (κ2) is 4.45. The molecule has 4 nitrogen and oxygen atoms in total. The van der Waals surface area contributed by atoms with Gasteiger partial charge < -0.3 is 4.74 Å². The molecule has 0 radical (unpaired) electrons. The normalized spacial score (nSPS) is 17.1. The second-order valence-corrected chi connectivity index (χ2v) is 5.76. The number of nitrogens with zero attached hydrogens (tertiary/aromatic N) is 2. The van der Waals surface area contributed by atoms with Crippen LogP contribution in [0.5, 0.6) is 5.75 Å². The molecule has 1 aromatic carbocycles. The minimum absolute atomic E-state index is 0.0898. The lowest BCUT2D eigenvalue weighted by atomic mass is 10.0. The Balaban J connectivity index is 1.50. The summed E-state index contributed by atoms with van der Waals surface area (Å²) in [7, 11) is 0. The Morgan fingerprint density at radius 2 is 2.35 bits per heavy atom. The van der Waals surface area contributed by atoms with E-state index in [9.17, 15) is 4.79 Å². The van der Waals surface area contributed by atoms with Gasteiger partial charge in [0.15, 0.2) is 16.8 Å². The standard InChI is InChI=1S/C15H12N2O2S/c18-12(8-11-9-17-5-6-20-15(17)16-11)14-7-10-3-1-2-4-13(10)19-14/h1-6,9,14H,7-8H2. The number of para-hydroxylation sites is 1. The number of fused-ring (bicyclic) bond motifs is 2. The summed E-state index contributed by atoms with van der Waals surface area (Å²) in [6.07, 6.45) is 4.48. The van der Waals surface area contributed by atoms with Gasteiger partial charge in [0, 0.05) is 24.2 Å². The number of thiazole rings is 1. The van der Waals surface area contributed by atoms with Crippen molar-refractivity contribution in [2.45, 2.75) is 18.9 Å². The minimum atomic E-state index is -0.368. The Morgan fingerprint density at radius 1 is 1.45 bits per heavy atom. The first-order valence-electron chi connectivity index (χ1n) is 6.48. The van der Waals surface area contributed by atoms with Gasteiger partial charge >= 0.3 is 0 Å². The third-order valence-corrected chi connectivity index (χ3v) is 4.28. The van der Waals surface area contributed by atoms with Crippen LogP contribution in [0.3, 0.4) is 0 Å². The third kappa shape index (κ3) is 1.91. The Labute approximate surface area is 119 Å². The predicted molar refractivity (Wildman–Crippen MR) is 76.3 cm³/mol. The van der Waals surface area contributed by atoms with E-state index in [0.717, 1.165) is 22.0 Å². The highest BCUT2D eigenvalue weighted by Crippen LogP contribution is 2.29. The van der Waals surface area contributed by atoms with Gasteiger partial charge in [-0.2, -0.15) is 0 Å². The molecule has 0 spiro atoms. The van der Waals surface area contributed by atoms with Crippen LogP contribution >= 0.6 is 11.3 Å². The molecule has 0 N–H and O–H groups in total. The summed E-state index contributed by atoms with van der Waals surface area (Å²) in [4.78, 5) is 17.7. The molecule has 1 atom stereocenters. The van der Waals surface area contributed by atoms with Crippen molar-refractivity contribution in [3.05, 3.63) is 53.3 Å². The van der Waals surface area contributed by atoms with Crippen LogP contribution in [-0.4, -0.2) is 21.3 Å². The topological polar surface area (TPSA) is 43.6 Å². The molecule has 1 aliphatic heterocycles. The smallest absolute Gasteiger partial charge is 0.193 e. The van der Waals surface area contributed by atoms with Gasteiger partial charge in [-0.15, -0.1) is 11.3 Å². The molecule has 100 valence electrons. The van der Waals surface area contributed by atoms with Crippen LogP contribution in [0.1, 0.15) is 11.3 Å². The zero-order chi connectivity index (χ0) is 13.5. The number of ketones is 1. The highest BCUT2D eigenvalue weighted by Gasteiger charge is 2.28. The average molecular weight is 284 g/mol. The number of ether oxygens (including phenoxy) is 1. The van der Waals surface area contributed by atoms with Crippen molar-refractivity contribution in [1.82, 2.24) is 9.38 Å². The molecule has 0 amide bonds.